The molecule has 0 atom stereocenters. The molecule has 4 heteroatoms. The zero-order chi connectivity index (χ0) is 8.65. The van der Waals surface area contributed by atoms with Gasteiger partial charge in [-0.05, 0) is 0 Å². The van der Waals surface area contributed by atoms with Crippen molar-refractivity contribution in [2.24, 2.45) is 0 Å². The molecule has 1 aliphatic rings. The number of allylic oxidation sites excluding steroid dienone is 4. The fourth-order valence-corrected chi connectivity index (χ4v) is 0.738. The summed E-state index contributed by atoms with van der Waals surface area (Å²) in [6.45, 7) is 3.61. The fourth-order valence-electron chi connectivity index (χ4n) is 0.738. The van der Waals surface area contributed by atoms with Gasteiger partial charge in [-0.15, -0.1) is 43.0 Å². The second kappa shape index (κ2) is 30.6. The Morgan fingerprint density at radius 2 is 1.63 bits per heavy atom. The summed E-state index contributed by atoms with van der Waals surface area (Å²) < 4.78 is 0. The first kappa shape index (κ1) is 42.8. The predicted molar refractivity (Wildman–Crippen MR) is 90.4 cm³/mol. The molecule has 0 radical (unpaired) electrons. The predicted octanol–water partition coefficient (Wildman–Crippen LogP) is 5.21. The van der Waals surface area contributed by atoms with Gasteiger partial charge in [0.15, 0.2) is 0 Å². The minimum atomic E-state index is 0. The first-order valence-electron chi connectivity index (χ1n) is 3.84. The van der Waals surface area contributed by atoms with Crippen LogP contribution in [0.2, 0.25) is 0 Å². The molecule has 1 aliphatic carbocycles. The van der Waals surface area contributed by atoms with E-state index in [1.54, 1.807) is 6.20 Å². The molecular weight excluding hydrogens is 317 g/mol. The normalized spacial score (nSPS) is 7.79. The van der Waals surface area contributed by atoms with Gasteiger partial charge in [0, 0.05) is 6.20 Å². The van der Waals surface area contributed by atoms with Gasteiger partial charge in [0.25, 0.3) is 0 Å². The van der Waals surface area contributed by atoms with Crippen LogP contribution in [0.1, 0.15) is 12.1 Å². The fraction of sp³-hybridized carbons (Fsp3) is 0.0667. The molecule has 0 spiro atoms. The average Bonchev–Trinajstić information content (AvgIpc) is 2.62. The minimum Gasteiger partial charge on any atom is -0.358 e. The van der Waals surface area contributed by atoms with Crippen LogP contribution in [0.4, 0.5) is 0 Å². The van der Waals surface area contributed by atoms with E-state index in [1.165, 1.54) is 0 Å². The van der Waals surface area contributed by atoms with Gasteiger partial charge in [0.1, 0.15) is 0 Å². The van der Waals surface area contributed by atoms with Crippen molar-refractivity contribution in [2.45, 2.75) is 6.42 Å². The van der Waals surface area contributed by atoms with Crippen molar-refractivity contribution in [1.29, 1.82) is 0 Å². The van der Waals surface area contributed by atoms with Crippen LogP contribution >= 0.6 is 24.8 Å². The summed E-state index contributed by atoms with van der Waals surface area (Å²) in [7, 11) is 0. The van der Waals surface area contributed by atoms with Crippen LogP contribution in [0.3, 0.4) is 0 Å². The molecule has 110 valence electrons. The van der Waals surface area contributed by atoms with E-state index in [4.69, 9.17) is 0 Å². The number of nitrogens with zero attached hydrogens (tertiary/aromatic N) is 1. The SMILES string of the molecule is Cl.Cl.[C-]1=CC=CC1.[CH2-]c1ccccn1.[CH3-].[CH3-].[CH3-].[CH3-].[Cr+6]. The zero-order valence-electron chi connectivity index (χ0n) is 12.1. The maximum Gasteiger partial charge on any atom is 6.00 e. The summed E-state index contributed by atoms with van der Waals surface area (Å²) in [5.41, 5.74) is 0.822. The van der Waals surface area contributed by atoms with Gasteiger partial charge in [-0.2, -0.15) is 12.1 Å². The van der Waals surface area contributed by atoms with E-state index in [-0.39, 0.29) is 71.9 Å². The van der Waals surface area contributed by atoms with Crippen LogP contribution in [0.25, 0.3) is 0 Å². The average molecular weight is 342 g/mol. The van der Waals surface area contributed by atoms with Gasteiger partial charge >= 0.3 is 17.4 Å². The number of aromatic nitrogens is 1. The molecule has 19 heavy (non-hydrogen) atoms. The van der Waals surface area contributed by atoms with E-state index in [9.17, 15) is 0 Å². The summed E-state index contributed by atoms with van der Waals surface area (Å²) in [5, 5.41) is 0. The number of hydrogen-bond donors (Lipinski definition) is 0. The van der Waals surface area contributed by atoms with Crippen molar-refractivity contribution in [3.05, 3.63) is 91.0 Å². The summed E-state index contributed by atoms with van der Waals surface area (Å²) in [6, 6.07) is 5.64. The molecule has 1 nitrogen and oxygen atoms in total. The Labute approximate surface area is 144 Å². The summed E-state index contributed by atoms with van der Waals surface area (Å²) in [6.07, 6.45) is 11.7. The number of pyridine rings is 1. The maximum atomic E-state index is 3.87. The molecule has 0 fully saturated rings. The first-order valence-corrected chi connectivity index (χ1v) is 3.84. The Bertz CT molecular complexity index is 265. The molecule has 0 bridgehead atoms. The smallest absolute Gasteiger partial charge is 0.358 e. The second-order valence-corrected chi connectivity index (χ2v) is 2.32. The largest absolute Gasteiger partial charge is 6.00 e. The standard InChI is InChI=1S/C6H6N.C5H5.4CH3.2ClH.Cr/c1-6-4-2-3-5-7-6;1-2-4-5-3-1;;;;;;;/h2-5H,1H2;1-3H,4H2;4*1H3;2*1H;/q6*-1;;;+6. The van der Waals surface area contributed by atoms with Crippen LogP contribution in [-0.2, 0) is 17.4 Å². The molecule has 0 saturated heterocycles. The Morgan fingerprint density at radius 1 is 1.05 bits per heavy atom. The Morgan fingerprint density at radius 3 is 1.79 bits per heavy atom. The van der Waals surface area contributed by atoms with Gasteiger partial charge in [-0.3, -0.25) is 11.1 Å². The third-order valence-corrected chi connectivity index (χ3v) is 1.31. The third kappa shape index (κ3) is 27.0. The number of halogens is 2. The van der Waals surface area contributed by atoms with Crippen molar-refractivity contribution >= 4 is 24.8 Å². The Kier molecular flexibility index (Phi) is 68.9. The second-order valence-electron chi connectivity index (χ2n) is 2.32. The maximum absolute atomic E-state index is 3.87. The molecule has 2 rings (SSSR count). The van der Waals surface area contributed by atoms with Crippen molar-refractivity contribution in [2.75, 3.05) is 0 Å². The van der Waals surface area contributed by atoms with Crippen molar-refractivity contribution in [3.8, 4) is 0 Å². The molecule has 1 aromatic rings. The molecule has 0 aliphatic heterocycles. The van der Waals surface area contributed by atoms with E-state index in [2.05, 4.69) is 24.1 Å². The van der Waals surface area contributed by atoms with Crippen molar-refractivity contribution in [3.63, 3.8) is 0 Å². The van der Waals surface area contributed by atoms with Gasteiger partial charge < -0.3 is 29.7 Å². The number of hydrogen-bond acceptors (Lipinski definition) is 1. The first-order chi connectivity index (χ1) is 5.89. The Balaban J connectivity index is -0.0000000226. The molecule has 0 saturated carbocycles. The molecule has 1 aromatic heterocycles. The molecule has 0 aromatic carbocycles. The van der Waals surface area contributed by atoms with Gasteiger partial charge in [-0.25, -0.2) is 19.1 Å². The quantitative estimate of drug-likeness (QED) is 0.590. The number of rotatable bonds is 0. The van der Waals surface area contributed by atoms with Crippen LogP contribution in [0.5, 0.6) is 0 Å². The minimum absolute atomic E-state index is 0. The monoisotopic (exact) mass is 341 g/mol. The van der Waals surface area contributed by atoms with E-state index in [0.717, 1.165) is 12.1 Å². The van der Waals surface area contributed by atoms with Crippen LogP contribution < -0.4 is 0 Å². The Hall–Kier alpha value is -0.388. The molecule has 0 N–H and O–H groups in total. The summed E-state index contributed by atoms with van der Waals surface area (Å²) in [5.74, 6) is 0. The van der Waals surface area contributed by atoms with Crippen LogP contribution in [0.15, 0.2) is 42.6 Å². The van der Waals surface area contributed by atoms with Crippen LogP contribution in [-0.4, -0.2) is 4.98 Å². The van der Waals surface area contributed by atoms with Crippen molar-refractivity contribution < 1.29 is 17.4 Å². The van der Waals surface area contributed by atoms with Gasteiger partial charge in [-0.1, -0.05) is 6.07 Å². The zero-order valence-corrected chi connectivity index (χ0v) is 15.0. The van der Waals surface area contributed by atoms with E-state index in [1.807, 2.05) is 30.4 Å². The van der Waals surface area contributed by atoms with Crippen LogP contribution in [0, 0.1) is 42.7 Å². The molecular formula is C15H25Cl2CrN. The van der Waals surface area contributed by atoms with Gasteiger partial charge in [0.2, 0.25) is 0 Å². The van der Waals surface area contributed by atoms with E-state index >= 15 is 0 Å². The molecule has 0 unspecified atom stereocenters. The van der Waals surface area contributed by atoms with Gasteiger partial charge in [0.05, 0.1) is 0 Å². The molecule has 0 amide bonds. The summed E-state index contributed by atoms with van der Waals surface area (Å²) >= 11 is 0. The summed E-state index contributed by atoms with van der Waals surface area (Å²) in [4.78, 5) is 3.87. The molecule has 1 heterocycles. The topological polar surface area (TPSA) is 12.9 Å². The van der Waals surface area contributed by atoms with E-state index < -0.39 is 0 Å². The van der Waals surface area contributed by atoms with E-state index in [0.29, 0.717) is 0 Å². The van der Waals surface area contributed by atoms with Crippen molar-refractivity contribution in [1.82, 2.24) is 4.98 Å². The third-order valence-electron chi connectivity index (χ3n) is 1.31.